The van der Waals surface area contributed by atoms with E-state index < -0.39 is 17.9 Å². The highest BCUT2D eigenvalue weighted by Crippen LogP contribution is 2.44. The monoisotopic (exact) mass is 489 g/mol. The number of benzene rings is 2. The Kier molecular flexibility index (Phi) is 6.57. The third-order valence-corrected chi connectivity index (χ3v) is 5.78. The molecule has 1 aliphatic rings. The molecule has 0 fully saturated rings. The van der Waals surface area contributed by atoms with Gasteiger partial charge in [-0.3, -0.25) is 4.90 Å². The lowest BCUT2D eigenvalue weighted by atomic mass is 9.81. The van der Waals surface area contributed by atoms with Crippen molar-refractivity contribution in [1.82, 2.24) is 9.78 Å². The van der Waals surface area contributed by atoms with Crippen molar-refractivity contribution in [2.45, 2.75) is 5.92 Å². The zero-order chi connectivity index (χ0) is 25.1. The second-order valence-corrected chi connectivity index (χ2v) is 7.86. The maximum Gasteiger partial charge on any atom is 0.355 e. The number of hydrogen-bond acceptors (Lipinski definition) is 8. The summed E-state index contributed by atoms with van der Waals surface area (Å²) in [6, 6.07) is 17.5. The molecule has 9 nitrogen and oxygen atoms in total. The van der Waals surface area contributed by atoms with Crippen LogP contribution in [0.5, 0.6) is 0 Å². The normalized spacial score (nSPS) is 15.6. The lowest BCUT2D eigenvalue weighted by Gasteiger charge is -2.36. The minimum atomic E-state index is -0.966. The maximum atomic E-state index is 13.2. The molecule has 1 aromatic heterocycles. The van der Waals surface area contributed by atoms with Crippen LogP contribution in [0.2, 0.25) is 5.02 Å². The molecular weight excluding hydrogens is 470 g/mol. The minimum Gasteiger partial charge on any atom is -0.466 e. The lowest BCUT2D eigenvalue weighted by molar-refractivity contribution is -0.139. The molecule has 0 aliphatic carbocycles. The Hall–Kier alpha value is -4.55. The van der Waals surface area contributed by atoms with Crippen LogP contribution in [0.25, 0.3) is 5.69 Å². The van der Waals surface area contributed by atoms with Crippen LogP contribution in [0.1, 0.15) is 11.5 Å². The molecule has 0 bridgehead atoms. The molecule has 1 atom stereocenters. The molecule has 2 N–H and O–H groups in total. The maximum absolute atomic E-state index is 13.2. The number of ether oxygens (including phenoxy) is 2. The number of halogens is 1. The van der Waals surface area contributed by atoms with Gasteiger partial charge in [0.25, 0.3) is 0 Å². The van der Waals surface area contributed by atoms with Crippen molar-refractivity contribution >= 4 is 29.2 Å². The van der Waals surface area contributed by atoms with Gasteiger partial charge in [-0.2, -0.15) is 10.4 Å². The van der Waals surface area contributed by atoms with E-state index in [0.29, 0.717) is 22.0 Å². The second-order valence-electron chi connectivity index (χ2n) is 7.42. The Labute approximate surface area is 206 Å². The summed E-state index contributed by atoms with van der Waals surface area (Å²) in [6.45, 7) is 0. The van der Waals surface area contributed by atoms with Crippen molar-refractivity contribution < 1.29 is 19.1 Å². The van der Waals surface area contributed by atoms with Crippen molar-refractivity contribution in [3.05, 3.63) is 100 Å². The van der Waals surface area contributed by atoms with E-state index in [4.69, 9.17) is 26.8 Å². The van der Waals surface area contributed by atoms with E-state index >= 15 is 0 Å². The highest BCUT2D eigenvalue weighted by molar-refractivity contribution is 6.31. The van der Waals surface area contributed by atoms with E-state index in [1.165, 1.54) is 19.1 Å². The molecule has 35 heavy (non-hydrogen) atoms. The Morgan fingerprint density at radius 2 is 1.77 bits per heavy atom. The number of methoxy groups -OCH3 is 2. The Morgan fingerprint density at radius 3 is 2.37 bits per heavy atom. The van der Waals surface area contributed by atoms with Gasteiger partial charge in [-0.05, 0) is 29.8 Å². The molecule has 0 amide bonds. The fourth-order valence-corrected chi connectivity index (χ4v) is 4.21. The van der Waals surface area contributed by atoms with E-state index in [9.17, 15) is 14.9 Å². The molecule has 2 aromatic carbocycles. The number of rotatable bonds is 5. The van der Waals surface area contributed by atoms with E-state index in [1.807, 2.05) is 0 Å². The summed E-state index contributed by atoms with van der Waals surface area (Å²) in [5, 5.41) is 14.8. The molecule has 0 radical (unpaired) electrons. The summed E-state index contributed by atoms with van der Waals surface area (Å²) in [5.41, 5.74) is 7.70. The van der Waals surface area contributed by atoms with E-state index in [0.717, 1.165) is 0 Å². The predicted octanol–water partition coefficient (Wildman–Crippen LogP) is 3.42. The Balaban J connectivity index is 2.11. The number of nitrogens with two attached hydrogens (primary N) is 1. The van der Waals surface area contributed by atoms with Crippen LogP contribution in [0.3, 0.4) is 0 Å². The van der Waals surface area contributed by atoms with Crippen molar-refractivity contribution in [3.8, 4) is 11.8 Å². The molecule has 0 saturated carbocycles. The Morgan fingerprint density at radius 1 is 1.06 bits per heavy atom. The van der Waals surface area contributed by atoms with Gasteiger partial charge in [0, 0.05) is 17.4 Å². The molecule has 0 spiro atoms. The summed E-state index contributed by atoms with van der Waals surface area (Å²) in [7, 11) is 2.38. The number of allylic oxidation sites excluding steroid dienone is 1. The van der Waals surface area contributed by atoms with Crippen LogP contribution in [-0.4, -0.2) is 35.9 Å². The summed E-state index contributed by atoms with van der Waals surface area (Å²) in [6.07, 6.45) is 3.27. The molecule has 176 valence electrons. The highest BCUT2D eigenvalue weighted by Gasteiger charge is 2.43. The average molecular weight is 490 g/mol. The summed E-state index contributed by atoms with van der Waals surface area (Å²) in [4.78, 5) is 27.7. The SMILES string of the molecule is COC(=O)C1=C(C(=O)OC)N(c2cc(Cl)ccc2-n2cccn2)C(N)=C(C#N)C1c1ccccc1. The highest BCUT2D eigenvalue weighted by atomic mass is 35.5. The van der Waals surface area contributed by atoms with Gasteiger partial charge in [0.1, 0.15) is 11.5 Å². The fourth-order valence-electron chi connectivity index (χ4n) is 4.04. The fraction of sp³-hybridized carbons (Fsp3) is 0.120. The molecule has 1 unspecified atom stereocenters. The average Bonchev–Trinajstić information content (AvgIpc) is 3.42. The number of aromatic nitrogens is 2. The van der Waals surface area contributed by atoms with Gasteiger partial charge in [-0.15, -0.1) is 0 Å². The number of hydrogen-bond donors (Lipinski definition) is 1. The summed E-state index contributed by atoms with van der Waals surface area (Å²) in [5.74, 6) is -2.69. The molecular formula is C25H20ClN5O4. The van der Waals surface area contributed by atoms with Gasteiger partial charge in [0.05, 0.1) is 48.7 Å². The first kappa shape index (κ1) is 23.6. The zero-order valence-corrected chi connectivity index (χ0v) is 19.6. The number of esters is 2. The quantitative estimate of drug-likeness (QED) is 0.541. The van der Waals surface area contributed by atoms with E-state index in [-0.39, 0.29) is 22.7 Å². The zero-order valence-electron chi connectivity index (χ0n) is 18.8. The van der Waals surface area contributed by atoms with Crippen molar-refractivity contribution in [3.63, 3.8) is 0 Å². The smallest absolute Gasteiger partial charge is 0.355 e. The van der Waals surface area contributed by atoms with Gasteiger partial charge in [-0.1, -0.05) is 41.9 Å². The molecule has 3 aromatic rings. The van der Waals surface area contributed by atoms with E-state index in [1.54, 1.807) is 71.7 Å². The standard InChI is InChI=1S/C25H20ClN5O4/c1-34-24(32)21-20(15-7-4-3-5-8-15)17(14-27)23(28)31(22(21)25(33)35-2)19-13-16(26)9-10-18(19)30-12-6-11-29-30/h3-13,20H,28H2,1-2H3. The van der Waals surface area contributed by atoms with Gasteiger partial charge in [0.15, 0.2) is 0 Å². The number of anilines is 1. The van der Waals surface area contributed by atoms with Gasteiger partial charge in [0.2, 0.25) is 0 Å². The number of carbonyl (C=O) groups excluding carboxylic acids is 2. The first-order valence-corrected chi connectivity index (χ1v) is 10.8. The third-order valence-electron chi connectivity index (χ3n) is 5.54. The Bertz CT molecular complexity index is 1390. The van der Waals surface area contributed by atoms with Crippen molar-refractivity contribution in [1.29, 1.82) is 5.26 Å². The molecule has 0 saturated heterocycles. The molecule has 2 heterocycles. The van der Waals surface area contributed by atoms with Crippen molar-refractivity contribution in [2.75, 3.05) is 19.1 Å². The van der Waals surface area contributed by atoms with Gasteiger partial charge < -0.3 is 15.2 Å². The third kappa shape index (κ3) is 4.11. The summed E-state index contributed by atoms with van der Waals surface area (Å²) >= 11 is 6.33. The topological polar surface area (TPSA) is 123 Å². The largest absolute Gasteiger partial charge is 0.466 e. The van der Waals surface area contributed by atoms with Crippen LogP contribution in [-0.2, 0) is 19.1 Å². The second kappa shape index (κ2) is 9.75. The van der Waals surface area contributed by atoms with Crippen LogP contribution in [0.4, 0.5) is 5.69 Å². The molecule has 1 aliphatic heterocycles. The first-order valence-electron chi connectivity index (χ1n) is 10.4. The van der Waals surface area contributed by atoms with Crippen molar-refractivity contribution in [2.24, 2.45) is 5.73 Å². The van der Waals surface area contributed by atoms with Crippen LogP contribution >= 0.6 is 11.6 Å². The molecule has 10 heteroatoms. The number of nitrogens with zero attached hydrogens (tertiary/aromatic N) is 4. The van der Waals surface area contributed by atoms with Crippen LogP contribution in [0.15, 0.2) is 89.7 Å². The van der Waals surface area contributed by atoms with Crippen LogP contribution in [0, 0.1) is 11.3 Å². The predicted molar refractivity (Wildman–Crippen MR) is 128 cm³/mol. The minimum absolute atomic E-state index is 0.0515. The van der Waals surface area contributed by atoms with Gasteiger partial charge in [-0.25, -0.2) is 14.3 Å². The first-order chi connectivity index (χ1) is 16.9. The van der Waals surface area contributed by atoms with Crippen LogP contribution < -0.4 is 10.6 Å². The number of carbonyl (C=O) groups is 2. The number of nitriles is 1. The van der Waals surface area contributed by atoms with E-state index in [2.05, 4.69) is 11.2 Å². The van der Waals surface area contributed by atoms with Gasteiger partial charge >= 0.3 is 11.9 Å². The summed E-state index contributed by atoms with van der Waals surface area (Å²) < 4.78 is 11.7. The molecule has 4 rings (SSSR count). The lowest BCUT2D eigenvalue weighted by Crippen LogP contribution is -2.41.